The maximum Gasteiger partial charge on any atom is 0.252 e. The topological polar surface area (TPSA) is 106 Å². The largest absolute Gasteiger partial charge is 0.454 e. The second-order valence-electron chi connectivity index (χ2n) is 8.49. The van der Waals surface area contributed by atoms with E-state index < -0.39 is 10.0 Å². The molecule has 0 unspecified atom stereocenters. The number of sulfonamides is 1. The number of nitrogens with one attached hydrogen (secondary N) is 1. The Morgan fingerprint density at radius 2 is 1.82 bits per heavy atom. The third-order valence-corrected chi connectivity index (χ3v) is 8.21. The van der Waals surface area contributed by atoms with Crippen LogP contribution in [0.5, 0.6) is 11.5 Å². The van der Waals surface area contributed by atoms with Gasteiger partial charge in [-0.15, -0.1) is 0 Å². The van der Waals surface area contributed by atoms with Crippen molar-refractivity contribution in [2.75, 3.05) is 6.79 Å². The van der Waals surface area contributed by atoms with E-state index >= 15 is 0 Å². The van der Waals surface area contributed by atoms with Gasteiger partial charge in [0.25, 0.3) is 5.56 Å². The minimum absolute atomic E-state index is 0.0580. The van der Waals surface area contributed by atoms with Crippen molar-refractivity contribution in [3.8, 4) is 11.5 Å². The van der Waals surface area contributed by atoms with Crippen LogP contribution in [0.4, 0.5) is 0 Å². The lowest BCUT2D eigenvalue weighted by Crippen LogP contribution is -2.39. The molecule has 1 aliphatic carbocycles. The summed E-state index contributed by atoms with van der Waals surface area (Å²) >= 11 is 0. The fourth-order valence-corrected chi connectivity index (χ4v) is 6.25. The molecule has 8 nitrogen and oxygen atoms in total. The molecule has 3 aromatic rings. The molecule has 0 bridgehead atoms. The van der Waals surface area contributed by atoms with E-state index in [1.54, 1.807) is 30.3 Å². The zero-order chi connectivity index (χ0) is 23.2. The molecule has 1 saturated carbocycles. The molecule has 1 aliphatic heterocycles. The zero-order valence-corrected chi connectivity index (χ0v) is 19.0. The maximum atomic E-state index is 13.7. The third-order valence-electron chi connectivity index (χ3n) is 6.32. The smallest absolute Gasteiger partial charge is 0.252 e. The van der Waals surface area contributed by atoms with Crippen LogP contribution in [0.1, 0.15) is 48.5 Å². The molecule has 0 radical (unpaired) electrons. The highest BCUT2D eigenvalue weighted by Gasteiger charge is 2.34. The van der Waals surface area contributed by atoms with E-state index in [1.165, 1.54) is 23.4 Å². The number of ketones is 1. The Balaban J connectivity index is 1.56. The molecule has 172 valence electrons. The number of aromatic amines is 1. The maximum absolute atomic E-state index is 13.7. The normalized spacial score (nSPS) is 16.1. The van der Waals surface area contributed by atoms with Gasteiger partial charge in [-0.3, -0.25) is 9.59 Å². The van der Waals surface area contributed by atoms with Crippen molar-refractivity contribution in [1.82, 2.24) is 9.29 Å². The molecule has 2 aliphatic rings. The van der Waals surface area contributed by atoms with Gasteiger partial charge in [0.15, 0.2) is 17.3 Å². The van der Waals surface area contributed by atoms with Crippen molar-refractivity contribution in [3.05, 3.63) is 63.9 Å². The van der Waals surface area contributed by atoms with Crippen LogP contribution < -0.4 is 15.0 Å². The van der Waals surface area contributed by atoms with E-state index in [-0.39, 0.29) is 35.6 Å². The fourth-order valence-electron chi connectivity index (χ4n) is 4.54. The number of nitrogens with zero attached hydrogens (tertiary/aromatic N) is 1. The molecular formula is C24H24N2O6S. The van der Waals surface area contributed by atoms with Crippen molar-refractivity contribution in [1.29, 1.82) is 0 Å². The molecule has 1 N–H and O–H groups in total. The van der Waals surface area contributed by atoms with Gasteiger partial charge >= 0.3 is 0 Å². The van der Waals surface area contributed by atoms with Gasteiger partial charge in [0.05, 0.1) is 10.4 Å². The van der Waals surface area contributed by atoms with Crippen molar-refractivity contribution in [3.63, 3.8) is 0 Å². The summed E-state index contributed by atoms with van der Waals surface area (Å²) in [5.74, 6) is 0.942. The Morgan fingerprint density at radius 1 is 1.09 bits per heavy atom. The first-order valence-electron chi connectivity index (χ1n) is 10.9. The van der Waals surface area contributed by atoms with Crippen LogP contribution in [-0.4, -0.2) is 36.3 Å². The molecule has 0 atom stereocenters. The number of rotatable bonds is 6. The summed E-state index contributed by atoms with van der Waals surface area (Å²) in [6.45, 7) is 1.47. The number of aromatic nitrogens is 1. The predicted molar refractivity (Wildman–Crippen MR) is 122 cm³/mol. The quantitative estimate of drug-likeness (QED) is 0.554. The van der Waals surface area contributed by atoms with Crippen molar-refractivity contribution >= 4 is 26.7 Å². The lowest BCUT2D eigenvalue weighted by atomic mass is 10.1. The number of fused-ring (bicyclic) bond motifs is 2. The molecule has 1 aromatic heterocycles. The predicted octanol–water partition coefficient (Wildman–Crippen LogP) is 3.59. The van der Waals surface area contributed by atoms with Crippen LogP contribution in [-0.2, 0) is 16.6 Å². The van der Waals surface area contributed by atoms with E-state index in [0.717, 1.165) is 31.1 Å². The summed E-state index contributed by atoms with van der Waals surface area (Å²) in [5.41, 5.74) is 0.927. The molecule has 0 spiro atoms. The first-order valence-corrected chi connectivity index (χ1v) is 12.4. The molecule has 0 amide bonds. The fraction of sp³-hybridized carbons (Fsp3) is 0.333. The standard InChI is InChI=1S/C24H24N2O6S/c1-15(27)16-5-4-8-20(10-16)33(29,30)26(19-6-2-3-7-19)13-18-9-17-11-22-23(32-14-31-22)12-21(17)25-24(18)28/h4-5,8-12,19H,2-3,6-7,13-14H2,1H3,(H,25,28). The summed E-state index contributed by atoms with van der Waals surface area (Å²) in [6, 6.07) is 11.1. The molecule has 5 rings (SSSR count). The van der Waals surface area contributed by atoms with Gasteiger partial charge in [0.2, 0.25) is 16.8 Å². The molecule has 1 fully saturated rings. The van der Waals surface area contributed by atoms with Crippen LogP contribution in [0.3, 0.4) is 0 Å². The Morgan fingerprint density at radius 3 is 2.55 bits per heavy atom. The van der Waals surface area contributed by atoms with Gasteiger partial charge in [0.1, 0.15) is 0 Å². The number of carbonyl (C=O) groups is 1. The zero-order valence-electron chi connectivity index (χ0n) is 18.2. The molecular weight excluding hydrogens is 444 g/mol. The Kier molecular flexibility index (Phi) is 5.46. The van der Waals surface area contributed by atoms with Crippen LogP contribution in [0, 0.1) is 0 Å². The number of hydrogen-bond donors (Lipinski definition) is 1. The van der Waals surface area contributed by atoms with E-state index in [4.69, 9.17) is 9.47 Å². The van der Waals surface area contributed by atoms with Gasteiger partial charge in [-0.05, 0) is 44.0 Å². The first-order chi connectivity index (χ1) is 15.8. The number of pyridine rings is 1. The first kappa shape index (κ1) is 21.7. The van der Waals surface area contributed by atoms with Crippen molar-refractivity contribution in [2.45, 2.75) is 50.1 Å². The van der Waals surface area contributed by atoms with E-state index in [1.807, 2.05) is 0 Å². The number of carbonyl (C=O) groups excluding carboxylic acids is 1. The van der Waals surface area contributed by atoms with Crippen LogP contribution in [0.15, 0.2) is 52.2 Å². The molecule has 2 aromatic carbocycles. The third kappa shape index (κ3) is 4.02. The van der Waals surface area contributed by atoms with Crippen LogP contribution >= 0.6 is 0 Å². The molecule has 2 heterocycles. The number of benzene rings is 2. The lowest BCUT2D eigenvalue weighted by Gasteiger charge is -2.28. The van der Waals surface area contributed by atoms with Gasteiger partial charge in [-0.2, -0.15) is 4.31 Å². The molecule has 0 saturated heterocycles. The van der Waals surface area contributed by atoms with Crippen LogP contribution in [0.25, 0.3) is 10.9 Å². The highest BCUT2D eigenvalue weighted by atomic mass is 32.2. The Labute approximate surface area is 191 Å². The SMILES string of the molecule is CC(=O)c1cccc(S(=O)(=O)N(Cc2cc3cc4c(cc3[nH]c2=O)OCO4)C2CCCC2)c1. The van der Waals surface area contributed by atoms with Gasteiger partial charge < -0.3 is 14.5 Å². The highest BCUT2D eigenvalue weighted by Crippen LogP contribution is 2.36. The average molecular weight is 469 g/mol. The van der Waals surface area contributed by atoms with Crippen LogP contribution in [0.2, 0.25) is 0 Å². The summed E-state index contributed by atoms with van der Waals surface area (Å²) in [6.07, 6.45) is 3.33. The van der Waals surface area contributed by atoms with Crippen molar-refractivity contribution < 1.29 is 22.7 Å². The van der Waals surface area contributed by atoms with E-state index in [9.17, 15) is 18.0 Å². The van der Waals surface area contributed by atoms with Crippen molar-refractivity contribution in [2.24, 2.45) is 0 Å². The summed E-state index contributed by atoms with van der Waals surface area (Å²) in [7, 11) is -3.93. The summed E-state index contributed by atoms with van der Waals surface area (Å²) in [5, 5.41) is 0.733. The van der Waals surface area contributed by atoms with E-state index in [2.05, 4.69) is 4.98 Å². The van der Waals surface area contributed by atoms with Gasteiger partial charge in [-0.1, -0.05) is 25.0 Å². The van der Waals surface area contributed by atoms with Gasteiger partial charge in [0, 0.05) is 35.2 Å². The second-order valence-corrected chi connectivity index (χ2v) is 10.4. The minimum atomic E-state index is -3.93. The highest BCUT2D eigenvalue weighted by molar-refractivity contribution is 7.89. The Bertz CT molecular complexity index is 1410. The molecule has 33 heavy (non-hydrogen) atoms. The average Bonchev–Trinajstić information content (AvgIpc) is 3.48. The summed E-state index contributed by atoms with van der Waals surface area (Å²) in [4.78, 5) is 27.6. The van der Waals surface area contributed by atoms with E-state index in [0.29, 0.717) is 28.1 Å². The number of hydrogen-bond acceptors (Lipinski definition) is 6. The minimum Gasteiger partial charge on any atom is -0.454 e. The number of Topliss-reactive ketones (excluding diaryl/α,β-unsaturated/α-hetero) is 1. The lowest BCUT2D eigenvalue weighted by molar-refractivity contribution is 0.101. The van der Waals surface area contributed by atoms with Gasteiger partial charge in [-0.25, -0.2) is 8.42 Å². The number of H-pyrrole nitrogens is 1. The molecule has 9 heteroatoms. The summed E-state index contributed by atoms with van der Waals surface area (Å²) < 4.78 is 39.6. The monoisotopic (exact) mass is 468 g/mol. The second kappa shape index (κ2) is 8.31. The number of ether oxygens (including phenoxy) is 2. The Hall–Kier alpha value is -3.17.